The molecule has 6 aliphatic rings. The van der Waals surface area contributed by atoms with Gasteiger partial charge in [-0.1, -0.05) is 19.9 Å². The Labute approximate surface area is 290 Å². The normalized spacial score (nSPS) is 43.1. The molecule has 2 aliphatic carbocycles. The van der Waals surface area contributed by atoms with Gasteiger partial charge in [-0.25, -0.2) is 0 Å². The van der Waals surface area contributed by atoms with Gasteiger partial charge in [-0.15, -0.1) is 0 Å². The van der Waals surface area contributed by atoms with Crippen molar-refractivity contribution in [1.82, 2.24) is 0 Å². The minimum absolute atomic E-state index is 0.0587. The number of methoxy groups -OCH3 is 3. The molecule has 51 heavy (non-hydrogen) atoms. The number of carbonyl (C=O) groups is 2. The number of Topliss-reactive ketones (excluding diaryl/α,β-unsaturated/α-hetero) is 1. The van der Waals surface area contributed by atoms with Crippen molar-refractivity contribution in [2.45, 2.75) is 99.7 Å². The van der Waals surface area contributed by atoms with E-state index in [1.165, 1.54) is 28.3 Å². The first-order valence-electron chi connectivity index (χ1n) is 16.5. The van der Waals surface area contributed by atoms with E-state index < -0.39 is 102 Å². The highest BCUT2D eigenvalue weighted by atomic mass is 16.9. The molecule has 4 aliphatic heterocycles. The van der Waals surface area contributed by atoms with Crippen molar-refractivity contribution in [3.05, 3.63) is 28.8 Å². The van der Waals surface area contributed by atoms with Crippen molar-refractivity contribution in [2.75, 3.05) is 27.9 Å². The zero-order valence-corrected chi connectivity index (χ0v) is 28.6. The van der Waals surface area contributed by atoms with Gasteiger partial charge in [0.2, 0.25) is 11.9 Å². The molecule has 4 fully saturated rings. The molecule has 4 heterocycles. The first kappa shape index (κ1) is 34.9. The molecule has 17 nitrogen and oxygen atoms in total. The Morgan fingerprint density at radius 3 is 2.41 bits per heavy atom. The van der Waals surface area contributed by atoms with E-state index in [0.717, 1.165) is 0 Å². The molecule has 0 radical (unpaired) electrons. The Morgan fingerprint density at radius 1 is 1.08 bits per heavy atom. The van der Waals surface area contributed by atoms with Gasteiger partial charge in [0, 0.05) is 56.4 Å². The molecule has 2 bridgehead atoms. The summed E-state index contributed by atoms with van der Waals surface area (Å²) in [5.74, 6) is -9.38. The first-order chi connectivity index (χ1) is 24.0. The summed E-state index contributed by atoms with van der Waals surface area (Å²) in [6.07, 6.45) is -8.65. The Hall–Kier alpha value is -3.20. The molecule has 2 aromatic rings. The average molecular weight is 721 g/mol. The molecule has 2 aromatic carbocycles. The minimum atomic E-state index is -2.69. The van der Waals surface area contributed by atoms with Crippen LogP contribution in [0.3, 0.4) is 0 Å². The quantitative estimate of drug-likeness (QED) is 0.157. The van der Waals surface area contributed by atoms with Gasteiger partial charge in [0.25, 0.3) is 11.6 Å². The van der Waals surface area contributed by atoms with Gasteiger partial charge in [0.15, 0.2) is 24.0 Å². The molecule has 0 aromatic heterocycles. The lowest BCUT2D eigenvalue weighted by Crippen LogP contribution is -2.76. The van der Waals surface area contributed by atoms with Crippen LogP contribution in [0.2, 0.25) is 0 Å². The van der Waals surface area contributed by atoms with Crippen LogP contribution in [-0.4, -0.2) is 124 Å². The summed E-state index contributed by atoms with van der Waals surface area (Å²) in [5.41, 5.74) is -3.73. The van der Waals surface area contributed by atoms with Gasteiger partial charge < -0.3 is 73.3 Å². The standard InChI is InChI=1S/C34H40O17/c1-12-27(46-13(2)36)30(3)10-18(48-32(12,30)41)47-17-9-16(37)22(38)21-20(17)24(43-4)14-7-8-15-25(19(14)23(21)39)49-33(42)28-26(15)50-34(51-28,29(44-5)45-6)31(33,40)11-35/h7-8,12,16-18,26-29,35,37,39-42H,9-11H2,1-6H3/t12?,16?,17?,18?,26?,27?,28-,30?,31?,32?,33?,34?/m0/s1. The molecule has 0 spiro atoms. The number of aromatic hydroxyl groups is 1. The maximum atomic E-state index is 13.7. The Kier molecular flexibility index (Phi) is 7.47. The number of aliphatic hydroxyl groups is 5. The lowest BCUT2D eigenvalue weighted by molar-refractivity contribution is -0.399. The Morgan fingerprint density at radius 2 is 1.78 bits per heavy atom. The van der Waals surface area contributed by atoms with Crippen molar-refractivity contribution < 1.29 is 82.9 Å². The number of aliphatic hydroxyl groups excluding tert-OH is 2. The fourth-order valence-corrected chi connectivity index (χ4v) is 9.46. The van der Waals surface area contributed by atoms with E-state index >= 15 is 0 Å². The highest BCUT2D eigenvalue weighted by Crippen LogP contribution is 2.67. The van der Waals surface area contributed by atoms with Gasteiger partial charge in [-0.3, -0.25) is 9.59 Å². The van der Waals surface area contributed by atoms with Crippen molar-refractivity contribution in [2.24, 2.45) is 11.3 Å². The second-order valence-electron chi connectivity index (χ2n) is 14.4. The highest BCUT2D eigenvalue weighted by Gasteiger charge is 2.86. The predicted octanol–water partition coefficient (Wildman–Crippen LogP) is 0.171. The smallest absolute Gasteiger partial charge is 0.302 e. The van der Waals surface area contributed by atoms with Crippen LogP contribution in [0.4, 0.5) is 0 Å². The number of fused-ring (bicyclic) bond motifs is 7. The number of phenols is 1. The lowest BCUT2D eigenvalue weighted by Gasteiger charge is -2.57. The summed E-state index contributed by atoms with van der Waals surface area (Å²) in [6.45, 7) is 3.54. The lowest BCUT2D eigenvalue weighted by atomic mass is 9.55. The van der Waals surface area contributed by atoms with Crippen LogP contribution in [0.15, 0.2) is 12.1 Å². The predicted molar refractivity (Wildman–Crippen MR) is 165 cm³/mol. The summed E-state index contributed by atoms with van der Waals surface area (Å²) >= 11 is 0. The van der Waals surface area contributed by atoms with Gasteiger partial charge in [-0.05, 0) is 6.07 Å². The number of hydrogen-bond acceptors (Lipinski definition) is 17. The maximum absolute atomic E-state index is 13.7. The van der Waals surface area contributed by atoms with Crippen LogP contribution in [0, 0.1) is 11.3 Å². The van der Waals surface area contributed by atoms with Crippen molar-refractivity contribution in [3.63, 3.8) is 0 Å². The van der Waals surface area contributed by atoms with Gasteiger partial charge in [0.1, 0.15) is 35.6 Å². The fourth-order valence-electron chi connectivity index (χ4n) is 9.46. The van der Waals surface area contributed by atoms with Gasteiger partial charge in [0.05, 0.1) is 36.2 Å². The van der Waals surface area contributed by atoms with Crippen LogP contribution < -0.4 is 9.47 Å². The summed E-state index contributed by atoms with van der Waals surface area (Å²) in [6, 6.07) is 3.14. The average Bonchev–Trinajstić information content (AvgIpc) is 3.67. The van der Waals surface area contributed by atoms with Crippen LogP contribution in [0.25, 0.3) is 10.8 Å². The van der Waals surface area contributed by atoms with E-state index in [1.54, 1.807) is 26.0 Å². The third-order valence-electron chi connectivity index (χ3n) is 11.9. The number of esters is 1. The zero-order valence-electron chi connectivity index (χ0n) is 28.6. The molecule has 12 atom stereocenters. The third kappa shape index (κ3) is 3.92. The minimum Gasteiger partial charge on any atom is -0.506 e. The van der Waals surface area contributed by atoms with E-state index in [2.05, 4.69) is 0 Å². The van der Waals surface area contributed by atoms with E-state index in [-0.39, 0.29) is 51.8 Å². The number of ketones is 1. The molecular formula is C34H40O17. The molecule has 17 heteroatoms. The second kappa shape index (κ2) is 10.9. The molecule has 278 valence electrons. The van der Waals surface area contributed by atoms with Crippen molar-refractivity contribution >= 4 is 22.5 Å². The summed E-state index contributed by atoms with van der Waals surface area (Å²) in [4.78, 5) is 25.5. The summed E-state index contributed by atoms with van der Waals surface area (Å²) < 4.78 is 52.6. The highest BCUT2D eigenvalue weighted by molar-refractivity contribution is 6.13. The molecule has 1 saturated carbocycles. The second-order valence-corrected chi connectivity index (χ2v) is 14.4. The SMILES string of the molecule is COc1c2c(c(O)c3c4c(ccc13)C1OC3(C(OC)OC)O[C@@H]1C(O)(O4)C3(O)CO)C(=O)C(O)CC2OC1CC2(C)C(OC(C)=O)C(C)C2(O)O1. The number of benzene rings is 2. The molecule has 0 amide bonds. The van der Waals surface area contributed by atoms with E-state index in [4.69, 9.17) is 42.6 Å². The Bertz CT molecular complexity index is 1850. The topological polar surface area (TPSA) is 239 Å². The fraction of sp³-hybridized carbons (Fsp3) is 0.647. The van der Waals surface area contributed by atoms with Crippen LogP contribution >= 0.6 is 0 Å². The van der Waals surface area contributed by atoms with Crippen molar-refractivity contribution in [3.8, 4) is 17.2 Å². The Balaban J connectivity index is 1.24. The summed E-state index contributed by atoms with van der Waals surface area (Å²) in [7, 11) is 3.84. The first-order valence-corrected chi connectivity index (χ1v) is 16.5. The van der Waals surface area contributed by atoms with Crippen molar-refractivity contribution in [1.29, 1.82) is 0 Å². The third-order valence-corrected chi connectivity index (χ3v) is 11.9. The largest absolute Gasteiger partial charge is 0.506 e. The van der Waals surface area contributed by atoms with Crippen LogP contribution in [0.1, 0.15) is 67.3 Å². The van der Waals surface area contributed by atoms with Crippen LogP contribution in [0.5, 0.6) is 17.2 Å². The zero-order chi connectivity index (χ0) is 36.8. The van der Waals surface area contributed by atoms with E-state index in [9.17, 15) is 40.2 Å². The number of rotatable bonds is 8. The van der Waals surface area contributed by atoms with Crippen LogP contribution in [-0.2, 0) is 38.0 Å². The molecule has 11 unspecified atom stereocenters. The van der Waals surface area contributed by atoms with Gasteiger partial charge >= 0.3 is 5.97 Å². The number of ether oxygens (including phenoxy) is 9. The van der Waals surface area contributed by atoms with E-state index in [1.807, 2.05) is 0 Å². The number of carbonyl (C=O) groups excluding carboxylic acids is 2. The number of phenolic OH excluding ortho intramolecular Hbond substituents is 1. The maximum Gasteiger partial charge on any atom is 0.302 e. The number of hydrogen-bond donors (Lipinski definition) is 6. The molecule has 3 saturated heterocycles. The molecule has 6 N–H and O–H groups in total. The molecule has 8 rings (SSSR count). The monoisotopic (exact) mass is 720 g/mol. The molecular weight excluding hydrogens is 680 g/mol. The summed E-state index contributed by atoms with van der Waals surface area (Å²) in [5, 5.41) is 68.7. The van der Waals surface area contributed by atoms with E-state index in [0.29, 0.717) is 0 Å². The van der Waals surface area contributed by atoms with Gasteiger partial charge in [-0.2, -0.15) is 0 Å².